The van der Waals surface area contributed by atoms with Gasteiger partial charge in [-0.25, -0.2) is 4.98 Å². The molecule has 0 amide bonds. The Hall–Kier alpha value is -2.38. The van der Waals surface area contributed by atoms with Crippen molar-refractivity contribution in [3.8, 4) is 5.75 Å². The molecular weight excluding hydrogens is 316 g/mol. The van der Waals surface area contributed by atoms with Crippen molar-refractivity contribution in [3.05, 3.63) is 35.5 Å². The van der Waals surface area contributed by atoms with Crippen LogP contribution in [0.4, 0.5) is 17.5 Å². The Labute approximate surface area is 149 Å². The molecule has 0 aliphatic carbocycles. The third kappa shape index (κ3) is 5.58. The zero-order chi connectivity index (χ0) is 18.2. The monoisotopic (exact) mass is 344 g/mol. The van der Waals surface area contributed by atoms with E-state index in [4.69, 9.17) is 4.74 Å². The number of likely N-dealkylation sites (N-methyl/N-ethyl adjacent to an activating group) is 1. The minimum absolute atomic E-state index is 0.410. The first-order valence-electron chi connectivity index (χ1n) is 8.41. The minimum Gasteiger partial charge on any atom is -0.496 e. The van der Waals surface area contributed by atoms with Crippen molar-refractivity contribution >= 4 is 17.5 Å². The van der Waals surface area contributed by atoms with Gasteiger partial charge in [0.1, 0.15) is 11.6 Å². The summed E-state index contributed by atoms with van der Waals surface area (Å²) in [7, 11) is 5.48. The van der Waals surface area contributed by atoms with Crippen molar-refractivity contribution in [1.29, 1.82) is 0 Å². The number of nitrogens with one attached hydrogen (secondary N) is 4. The second-order valence-corrected chi connectivity index (χ2v) is 5.94. The molecule has 0 unspecified atom stereocenters. The van der Waals surface area contributed by atoms with Gasteiger partial charge in [0.15, 0.2) is 0 Å². The molecule has 0 saturated carbocycles. The molecule has 0 spiro atoms. The average Bonchev–Trinajstić information content (AvgIpc) is 2.61. The maximum Gasteiger partial charge on any atom is 0.229 e. The number of hydrogen-bond acceptors (Lipinski definition) is 7. The Bertz CT molecular complexity index is 691. The van der Waals surface area contributed by atoms with E-state index in [1.54, 1.807) is 7.11 Å². The lowest BCUT2D eigenvalue weighted by molar-refractivity contribution is 0.407. The summed E-state index contributed by atoms with van der Waals surface area (Å²) in [4.78, 5) is 8.86. The summed E-state index contributed by atoms with van der Waals surface area (Å²) in [5, 5.41) is 12.9. The molecule has 7 heteroatoms. The van der Waals surface area contributed by atoms with Crippen LogP contribution < -0.4 is 26.0 Å². The fourth-order valence-corrected chi connectivity index (χ4v) is 2.40. The summed E-state index contributed by atoms with van der Waals surface area (Å²) in [6.07, 6.45) is 0. The quantitative estimate of drug-likeness (QED) is 0.555. The Morgan fingerprint density at radius 1 is 1.16 bits per heavy atom. The van der Waals surface area contributed by atoms with Crippen molar-refractivity contribution in [2.24, 2.45) is 0 Å². The Kier molecular flexibility index (Phi) is 6.97. The Morgan fingerprint density at radius 3 is 2.64 bits per heavy atom. The highest BCUT2D eigenvalue weighted by Gasteiger charge is 2.07. The number of rotatable bonds is 9. The molecule has 0 aliphatic rings. The molecule has 2 rings (SSSR count). The summed E-state index contributed by atoms with van der Waals surface area (Å²) in [5.41, 5.74) is 2.91. The first-order valence-corrected chi connectivity index (χ1v) is 8.41. The SMILES string of the molecule is CNc1cc(C)nc(Nc2ccc(OC)c(CNC[C@@H](C)NC)c2)n1. The zero-order valence-electron chi connectivity index (χ0n) is 15.6. The highest BCUT2D eigenvalue weighted by atomic mass is 16.5. The van der Waals surface area contributed by atoms with E-state index in [9.17, 15) is 0 Å². The fourth-order valence-electron chi connectivity index (χ4n) is 2.40. The topological polar surface area (TPSA) is 83.1 Å². The summed E-state index contributed by atoms with van der Waals surface area (Å²) in [6, 6.07) is 8.28. The lowest BCUT2D eigenvalue weighted by atomic mass is 10.1. The van der Waals surface area contributed by atoms with Gasteiger partial charge in [0.2, 0.25) is 5.95 Å². The largest absolute Gasteiger partial charge is 0.496 e. The zero-order valence-corrected chi connectivity index (χ0v) is 15.6. The van der Waals surface area contributed by atoms with E-state index in [0.29, 0.717) is 12.0 Å². The molecule has 1 heterocycles. The van der Waals surface area contributed by atoms with Crippen molar-refractivity contribution in [2.75, 3.05) is 38.4 Å². The molecule has 1 aromatic heterocycles. The van der Waals surface area contributed by atoms with Crippen molar-refractivity contribution in [3.63, 3.8) is 0 Å². The molecule has 2 aromatic rings. The summed E-state index contributed by atoms with van der Waals surface area (Å²) in [6.45, 7) is 5.68. The predicted molar refractivity (Wildman–Crippen MR) is 103 cm³/mol. The third-order valence-corrected chi connectivity index (χ3v) is 3.91. The number of benzene rings is 1. The molecule has 1 aromatic carbocycles. The fraction of sp³-hybridized carbons (Fsp3) is 0.444. The van der Waals surface area contributed by atoms with Crippen LogP contribution in [0.3, 0.4) is 0 Å². The van der Waals surface area contributed by atoms with Crippen LogP contribution in [0.1, 0.15) is 18.2 Å². The van der Waals surface area contributed by atoms with Gasteiger partial charge in [0.25, 0.3) is 0 Å². The molecular formula is C18H28N6O. The van der Waals surface area contributed by atoms with Gasteiger partial charge in [-0.1, -0.05) is 0 Å². The number of aromatic nitrogens is 2. The van der Waals surface area contributed by atoms with Crippen molar-refractivity contribution < 1.29 is 4.74 Å². The van der Waals surface area contributed by atoms with E-state index in [-0.39, 0.29) is 0 Å². The van der Waals surface area contributed by atoms with Crippen molar-refractivity contribution in [1.82, 2.24) is 20.6 Å². The lowest BCUT2D eigenvalue weighted by Crippen LogP contribution is -2.33. The maximum atomic E-state index is 5.47. The standard InChI is InChI=1S/C18H28N6O/c1-12-8-17(20-4)24-18(22-12)23-15-6-7-16(25-5)14(9-15)11-21-10-13(2)19-3/h6-9,13,19,21H,10-11H2,1-5H3,(H2,20,22,23,24)/t13-/m1/s1. The van der Waals surface area contributed by atoms with Gasteiger partial charge in [-0.05, 0) is 39.1 Å². The molecule has 7 nitrogen and oxygen atoms in total. The number of methoxy groups -OCH3 is 1. The maximum absolute atomic E-state index is 5.47. The number of hydrogen-bond donors (Lipinski definition) is 4. The van der Waals surface area contributed by atoms with E-state index in [1.165, 1.54) is 0 Å². The van der Waals surface area contributed by atoms with Crippen LogP contribution in [0.5, 0.6) is 5.75 Å². The smallest absolute Gasteiger partial charge is 0.229 e. The van der Waals surface area contributed by atoms with E-state index < -0.39 is 0 Å². The predicted octanol–water partition coefficient (Wildman–Crippen LogP) is 2.28. The molecule has 0 bridgehead atoms. The first-order chi connectivity index (χ1) is 12.0. The summed E-state index contributed by atoms with van der Waals surface area (Å²) in [5.74, 6) is 2.21. The molecule has 136 valence electrons. The van der Waals surface area contributed by atoms with Gasteiger partial charge in [0.05, 0.1) is 7.11 Å². The number of ether oxygens (including phenoxy) is 1. The highest BCUT2D eigenvalue weighted by molar-refractivity contribution is 5.58. The number of aryl methyl sites for hydroxylation is 1. The molecule has 4 N–H and O–H groups in total. The molecule has 1 atom stereocenters. The average molecular weight is 344 g/mol. The van der Waals surface area contributed by atoms with Gasteiger partial charge in [-0.2, -0.15) is 4.98 Å². The second-order valence-electron chi connectivity index (χ2n) is 5.94. The molecule has 0 fully saturated rings. The minimum atomic E-state index is 0.410. The van der Waals surface area contributed by atoms with E-state index in [2.05, 4.69) is 44.2 Å². The van der Waals surface area contributed by atoms with Gasteiger partial charge in [-0.3, -0.25) is 0 Å². The van der Waals surface area contributed by atoms with Crippen molar-refractivity contribution in [2.45, 2.75) is 26.4 Å². The van der Waals surface area contributed by atoms with Gasteiger partial charge < -0.3 is 26.0 Å². The first kappa shape index (κ1) is 19.0. The lowest BCUT2D eigenvalue weighted by Gasteiger charge is -2.15. The molecule has 0 saturated heterocycles. The summed E-state index contributed by atoms with van der Waals surface area (Å²) < 4.78 is 5.47. The summed E-state index contributed by atoms with van der Waals surface area (Å²) >= 11 is 0. The Balaban J connectivity index is 2.13. The van der Waals surface area contributed by atoms with Crippen LogP contribution in [0.2, 0.25) is 0 Å². The van der Waals surface area contributed by atoms with Crippen LogP contribution >= 0.6 is 0 Å². The van der Waals surface area contributed by atoms with Crippen LogP contribution in [-0.2, 0) is 6.54 Å². The molecule has 0 aliphatic heterocycles. The normalized spacial score (nSPS) is 11.9. The van der Waals surface area contributed by atoms with E-state index >= 15 is 0 Å². The van der Waals surface area contributed by atoms with Gasteiger partial charge in [0, 0.05) is 49.2 Å². The molecule has 25 heavy (non-hydrogen) atoms. The Morgan fingerprint density at radius 2 is 1.96 bits per heavy atom. The second kappa shape index (κ2) is 9.19. The van der Waals surface area contributed by atoms with Crippen LogP contribution in [0.25, 0.3) is 0 Å². The van der Waals surface area contributed by atoms with Crippen LogP contribution in [0, 0.1) is 6.92 Å². The van der Waals surface area contributed by atoms with Gasteiger partial charge in [-0.15, -0.1) is 0 Å². The van der Waals surface area contributed by atoms with E-state index in [1.807, 2.05) is 39.2 Å². The number of anilines is 3. The van der Waals surface area contributed by atoms with Crippen LogP contribution in [-0.4, -0.2) is 43.8 Å². The highest BCUT2D eigenvalue weighted by Crippen LogP contribution is 2.24. The third-order valence-electron chi connectivity index (χ3n) is 3.91. The van der Waals surface area contributed by atoms with E-state index in [0.717, 1.165) is 41.6 Å². The van der Waals surface area contributed by atoms with Crippen LogP contribution in [0.15, 0.2) is 24.3 Å². The molecule has 0 radical (unpaired) electrons. The van der Waals surface area contributed by atoms with Gasteiger partial charge >= 0.3 is 0 Å². The number of nitrogens with zero attached hydrogens (tertiary/aromatic N) is 2.